The van der Waals surface area contributed by atoms with Crippen molar-refractivity contribution in [3.8, 4) is 5.69 Å². The molecule has 0 radical (unpaired) electrons. The van der Waals surface area contributed by atoms with Gasteiger partial charge >= 0.3 is 0 Å². The van der Waals surface area contributed by atoms with Crippen molar-refractivity contribution in [2.45, 2.75) is 33.3 Å². The van der Waals surface area contributed by atoms with Crippen LogP contribution in [0.1, 0.15) is 26.3 Å². The summed E-state index contributed by atoms with van der Waals surface area (Å²) in [4.78, 5) is 11.9. The van der Waals surface area contributed by atoms with Crippen LogP contribution in [0.3, 0.4) is 0 Å². The standard InChI is InChI=1S/C14H19N5O2/c1-10-5-6-11(7-12(10)19-9-15-17-18-19)16-13(20)8-21-14(2,3)4/h5-7,9H,8H2,1-4H3,(H,16,20). The summed E-state index contributed by atoms with van der Waals surface area (Å²) in [6, 6.07) is 5.55. The molecule has 0 unspecified atom stereocenters. The fourth-order valence-electron chi connectivity index (χ4n) is 1.68. The third kappa shape index (κ3) is 4.35. The molecule has 0 aliphatic rings. The van der Waals surface area contributed by atoms with E-state index in [1.165, 1.54) is 6.33 Å². The highest BCUT2D eigenvalue weighted by molar-refractivity contribution is 5.92. The Morgan fingerprint density at radius 1 is 1.38 bits per heavy atom. The smallest absolute Gasteiger partial charge is 0.250 e. The maximum absolute atomic E-state index is 11.9. The van der Waals surface area contributed by atoms with Crippen LogP contribution in [0.25, 0.3) is 5.69 Å². The average molecular weight is 289 g/mol. The van der Waals surface area contributed by atoms with Crippen molar-refractivity contribution in [2.75, 3.05) is 11.9 Å². The molecule has 1 aromatic heterocycles. The molecule has 0 bridgehead atoms. The van der Waals surface area contributed by atoms with Crippen molar-refractivity contribution in [3.63, 3.8) is 0 Å². The van der Waals surface area contributed by atoms with Gasteiger partial charge in [-0.15, -0.1) is 5.10 Å². The fraction of sp³-hybridized carbons (Fsp3) is 0.429. The lowest BCUT2D eigenvalue weighted by Gasteiger charge is -2.19. The van der Waals surface area contributed by atoms with Crippen molar-refractivity contribution >= 4 is 11.6 Å². The zero-order valence-electron chi connectivity index (χ0n) is 12.6. The van der Waals surface area contributed by atoms with Crippen molar-refractivity contribution in [1.29, 1.82) is 0 Å². The zero-order valence-corrected chi connectivity index (χ0v) is 12.6. The number of tetrazole rings is 1. The first kappa shape index (κ1) is 15.1. The Labute approximate surface area is 123 Å². The number of aromatic nitrogens is 4. The van der Waals surface area contributed by atoms with Gasteiger partial charge in [0.15, 0.2) is 0 Å². The van der Waals surface area contributed by atoms with Gasteiger partial charge in [-0.25, -0.2) is 4.68 Å². The molecule has 21 heavy (non-hydrogen) atoms. The number of aryl methyl sites for hydroxylation is 1. The van der Waals surface area contributed by atoms with Gasteiger partial charge in [0.25, 0.3) is 0 Å². The van der Waals surface area contributed by atoms with E-state index in [1.54, 1.807) is 4.68 Å². The van der Waals surface area contributed by atoms with Gasteiger partial charge in [-0.1, -0.05) is 6.07 Å². The Bertz CT molecular complexity index is 617. The van der Waals surface area contributed by atoms with Crippen LogP contribution in [0.4, 0.5) is 5.69 Å². The Morgan fingerprint density at radius 2 is 2.14 bits per heavy atom. The molecule has 7 nitrogen and oxygen atoms in total. The number of nitrogens with one attached hydrogen (secondary N) is 1. The summed E-state index contributed by atoms with van der Waals surface area (Å²) < 4.78 is 6.99. The quantitative estimate of drug-likeness (QED) is 0.926. The minimum absolute atomic E-state index is 0.0115. The van der Waals surface area contributed by atoms with Gasteiger partial charge in [0.1, 0.15) is 12.9 Å². The molecule has 0 atom stereocenters. The minimum atomic E-state index is -0.345. The van der Waals surface area contributed by atoms with Crippen molar-refractivity contribution < 1.29 is 9.53 Å². The maximum atomic E-state index is 11.9. The number of ether oxygens (including phenoxy) is 1. The van der Waals surface area contributed by atoms with Gasteiger partial charge in [-0.2, -0.15) is 0 Å². The SMILES string of the molecule is Cc1ccc(NC(=O)COC(C)(C)C)cc1-n1cnnn1. The Kier molecular flexibility index (Phi) is 4.32. The summed E-state index contributed by atoms with van der Waals surface area (Å²) >= 11 is 0. The molecular weight excluding hydrogens is 270 g/mol. The van der Waals surface area contributed by atoms with Crippen LogP contribution < -0.4 is 5.32 Å². The van der Waals surface area contributed by atoms with Crippen LogP contribution in [0.5, 0.6) is 0 Å². The van der Waals surface area contributed by atoms with Gasteiger partial charge in [-0.3, -0.25) is 4.79 Å². The first-order valence-electron chi connectivity index (χ1n) is 6.63. The van der Waals surface area contributed by atoms with Crippen molar-refractivity contribution in [1.82, 2.24) is 20.2 Å². The number of nitrogens with zero attached hydrogens (tertiary/aromatic N) is 4. The lowest BCUT2D eigenvalue weighted by molar-refractivity contribution is -0.125. The van der Waals surface area contributed by atoms with E-state index < -0.39 is 0 Å². The fourth-order valence-corrected chi connectivity index (χ4v) is 1.68. The Balaban J connectivity index is 2.08. The van der Waals surface area contributed by atoms with Crippen molar-refractivity contribution in [2.24, 2.45) is 0 Å². The predicted octanol–water partition coefficient (Wildman–Crippen LogP) is 1.72. The number of rotatable bonds is 4. The van der Waals surface area contributed by atoms with Gasteiger partial charge in [0, 0.05) is 5.69 Å². The van der Waals surface area contributed by atoms with E-state index >= 15 is 0 Å². The second-order valence-corrected chi connectivity index (χ2v) is 5.70. The molecule has 0 spiro atoms. The minimum Gasteiger partial charge on any atom is -0.366 e. The normalized spacial score (nSPS) is 11.4. The lowest BCUT2D eigenvalue weighted by Crippen LogP contribution is -2.27. The predicted molar refractivity (Wildman–Crippen MR) is 78.2 cm³/mol. The van der Waals surface area contributed by atoms with Crippen LogP contribution in [0, 0.1) is 6.92 Å². The summed E-state index contributed by atoms with van der Waals surface area (Å²) in [5.74, 6) is -0.198. The molecule has 0 aliphatic heterocycles. The average Bonchev–Trinajstić information content (AvgIpc) is 2.92. The first-order chi connectivity index (χ1) is 9.85. The van der Waals surface area contributed by atoms with Crippen LogP contribution in [-0.4, -0.2) is 38.3 Å². The van der Waals surface area contributed by atoms with Gasteiger partial charge in [0.05, 0.1) is 11.3 Å². The van der Waals surface area contributed by atoms with E-state index in [-0.39, 0.29) is 18.1 Å². The topological polar surface area (TPSA) is 81.9 Å². The van der Waals surface area contributed by atoms with E-state index in [9.17, 15) is 4.79 Å². The summed E-state index contributed by atoms with van der Waals surface area (Å²) in [5, 5.41) is 13.9. The van der Waals surface area contributed by atoms with Crippen molar-refractivity contribution in [3.05, 3.63) is 30.1 Å². The number of carbonyl (C=O) groups is 1. The molecule has 0 saturated heterocycles. The number of carbonyl (C=O) groups excluding carboxylic acids is 1. The van der Waals surface area contributed by atoms with E-state index in [2.05, 4.69) is 20.8 Å². The molecule has 112 valence electrons. The lowest BCUT2D eigenvalue weighted by atomic mass is 10.2. The molecule has 0 fully saturated rings. The van der Waals surface area contributed by atoms with Gasteiger partial charge < -0.3 is 10.1 Å². The molecule has 0 saturated carbocycles. The number of hydrogen-bond acceptors (Lipinski definition) is 5. The third-order valence-electron chi connectivity index (χ3n) is 2.73. The van der Waals surface area contributed by atoms with E-state index in [0.717, 1.165) is 11.3 Å². The number of anilines is 1. The number of amides is 1. The monoisotopic (exact) mass is 289 g/mol. The molecule has 1 aromatic carbocycles. The van der Waals surface area contributed by atoms with Crippen LogP contribution >= 0.6 is 0 Å². The summed E-state index contributed by atoms with van der Waals surface area (Å²) in [5.41, 5.74) is 2.15. The maximum Gasteiger partial charge on any atom is 0.250 e. The number of hydrogen-bond donors (Lipinski definition) is 1. The molecule has 1 N–H and O–H groups in total. The number of benzene rings is 1. The molecule has 0 aliphatic carbocycles. The highest BCUT2D eigenvalue weighted by atomic mass is 16.5. The van der Waals surface area contributed by atoms with Gasteiger partial charge in [0.2, 0.25) is 5.91 Å². The highest BCUT2D eigenvalue weighted by Gasteiger charge is 2.13. The molecule has 1 heterocycles. The Morgan fingerprint density at radius 3 is 2.76 bits per heavy atom. The second-order valence-electron chi connectivity index (χ2n) is 5.70. The molecule has 2 aromatic rings. The summed E-state index contributed by atoms with van der Waals surface area (Å²) in [6.45, 7) is 7.68. The highest BCUT2D eigenvalue weighted by Crippen LogP contribution is 2.18. The van der Waals surface area contributed by atoms with Gasteiger partial charge in [-0.05, 0) is 55.8 Å². The zero-order chi connectivity index (χ0) is 15.5. The largest absolute Gasteiger partial charge is 0.366 e. The van der Waals surface area contributed by atoms with E-state index in [1.807, 2.05) is 45.9 Å². The molecular formula is C14H19N5O2. The van der Waals surface area contributed by atoms with Crippen LogP contribution in [0.2, 0.25) is 0 Å². The van der Waals surface area contributed by atoms with E-state index in [0.29, 0.717) is 5.69 Å². The molecule has 2 rings (SSSR count). The second kappa shape index (κ2) is 6.01. The first-order valence-corrected chi connectivity index (χ1v) is 6.63. The van der Waals surface area contributed by atoms with E-state index in [4.69, 9.17) is 4.74 Å². The van der Waals surface area contributed by atoms with Crippen LogP contribution in [0.15, 0.2) is 24.5 Å². The summed E-state index contributed by atoms with van der Waals surface area (Å²) in [6.07, 6.45) is 1.51. The van der Waals surface area contributed by atoms with Crippen LogP contribution in [-0.2, 0) is 9.53 Å². The Hall–Kier alpha value is -2.28. The molecule has 7 heteroatoms. The molecule has 1 amide bonds. The summed E-state index contributed by atoms with van der Waals surface area (Å²) in [7, 11) is 0. The third-order valence-corrected chi connectivity index (χ3v) is 2.73.